The highest BCUT2D eigenvalue weighted by Gasteiger charge is 2.10. The van der Waals surface area contributed by atoms with Crippen molar-refractivity contribution in [1.29, 1.82) is 0 Å². The number of fused-ring (bicyclic) bond motifs is 1. The predicted octanol–water partition coefficient (Wildman–Crippen LogP) is 1.07. The number of carbonyl (C=O) groups excluding carboxylic acids is 1. The number of nitrogens with two attached hydrogens (primary N) is 1. The van der Waals surface area contributed by atoms with Gasteiger partial charge in [-0.15, -0.1) is 0 Å². The lowest BCUT2D eigenvalue weighted by atomic mass is 10.2. The molecule has 18 heavy (non-hydrogen) atoms. The summed E-state index contributed by atoms with van der Waals surface area (Å²) in [7, 11) is 0. The van der Waals surface area contributed by atoms with Crippen LogP contribution in [0.2, 0.25) is 5.15 Å². The van der Waals surface area contributed by atoms with Gasteiger partial charge in [0.2, 0.25) is 11.9 Å². The molecule has 0 saturated carbocycles. The maximum absolute atomic E-state index is 11.6. The number of aromatic nitrogens is 4. The van der Waals surface area contributed by atoms with Crippen LogP contribution in [0.15, 0.2) is 6.33 Å². The van der Waals surface area contributed by atoms with Gasteiger partial charge in [0.05, 0.1) is 6.33 Å². The highest BCUT2D eigenvalue weighted by molar-refractivity contribution is 6.33. The molecule has 0 aliphatic carbocycles. The van der Waals surface area contributed by atoms with E-state index in [9.17, 15) is 4.79 Å². The third-order valence-corrected chi connectivity index (χ3v) is 2.59. The number of nitrogens with one attached hydrogen (secondary N) is 2. The van der Waals surface area contributed by atoms with E-state index in [0.717, 1.165) is 0 Å². The predicted molar refractivity (Wildman–Crippen MR) is 68.2 cm³/mol. The van der Waals surface area contributed by atoms with Gasteiger partial charge in [-0.2, -0.15) is 9.97 Å². The van der Waals surface area contributed by atoms with Crippen LogP contribution in [0, 0.1) is 0 Å². The Hall–Kier alpha value is -1.73. The zero-order valence-corrected chi connectivity index (χ0v) is 10.5. The Labute approximate surface area is 108 Å². The molecule has 0 bridgehead atoms. The quantitative estimate of drug-likeness (QED) is 0.719. The Kier molecular flexibility index (Phi) is 3.73. The van der Waals surface area contributed by atoms with Crippen molar-refractivity contribution in [2.45, 2.75) is 25.8 Å². The Balaban J connectivity index is 2.09. The molecule has 0 saturated heterocycles. The minimum absolute atomic E-state index is 0.0194. The van der Waals surface area contributed by atoms with E-state index in [2.05, 4.69) is 25.3 Å². The lowest BCUT2D eigenvalue weighted by Crippen LogP contribution is -2.20. The molecule has 2 aromatic heterocycles. The topological polar surface area (TPSA) is 110 Å². The number of anilines is 1. The number of H-pyrrole nitrogens is 1. The van der Waals surface area contributed by atoms with Gasteiger partial charge < -0.3 is 10.7 Å². The second-order valence-corrected chi connectivity index (χ2v) is 4.36. The lowest BCUT2D eigenvalue weighted by molar-refractivity contribution is -0.116. The molecule has 2 aromatic rings. The molecule has 0 radical (unpaired) electrons. The molecule has 0 fully saturated rings. The van der Waals surface area contributed by atoms with Crippen molar-refractivity contribution >= 4 is 34.6 Å². The van der Waals surface area contributed by atoms with Crippen molar-refractivity contribution in [2.75, 3.05) is 5.32 Å². The average Bonchev–Trinajstić information content (AvgIpc) is 2.75. The molecule has 4 N–H and O–H groups in total. The van der Waals surface area contributed by atoms with Crippen LogP contribution in [-0.4, -0.2) is 31.9 Å². The van der Waals surface area contributed by atoms with E-state index < -0.39 is 0 Å². The van der Waals surface area contributed by atoms with E-state index in [1.165, 1.54) is 6.33 Å². The lowest BCUT2D eigenvalue weighted by Gasteiger charge is -2.05. The van der Waals surface area contributed by atoms with Crippen LogP contribution < -0.4 is 11.1 Å². The van der Waals surface area contributed by atoms with Gasteiger partial charge in [0.25, 0.3) is 0 Å². The summed E-state index contributed by atoms with van der Waals surface area (Å²) in [6.07, 6.45) is 2.38. The van der Waals surface area contributed by atoms with E-state index in [-0.39, 0.29) is 23.1 Å². The summed E-state index contributed by atoms with van der Waals surface area (Å²) in [5.74, 6) is -0.0486. The number of rotatable bonds is 4. The van der Waals surface area contributed by atoms with Crippen LogP contribution >= 0.6 is 11.6 Å². The fourth-order valence-corrected chi connectivity index (χ4v) is 1.62. The van der Waals surface area contributed by atoms with Gasteiger partial charge in [0.1, 0.15) is 5.52 Å². The van der Waals surface area contributed by atoms with Crippen LogP contribution in [0.5, 0.6) is 0 Å². The first-order valence-corrected chi connectivity index (χ1v) is 5.86. The normalized spacial score (nSPS) is 12.6. The van der Waals surface area contributed by atoms with E-state index >= 15 is 0 Å². The molecule has 0 spiro atoms. The summed E-state index contributed by atoms with van der Waals surface area (Å²) in [6.45, 7) is 1.84. The molecular weight excluding hydrogens is 256 g/mol. The maximum atomic E-state index is 11.6. The smallest absolute Gasteiger partial charge is 0.233 e. The van der Waals surface area contributed by atoms with Gasteiger partial charge in [0.15, 0.2) is 10.8 Å². The first-order chi connectivity index (χ1) is 8.56. The minimum atomic E-state index is -0.196. The molecule has 2 heterocycles. The van der Waals surface area contributed by atoms with E-state index in [1.54, 1.807) is 0 Å². The molecule has 2 rings (SSSR count). The molecule has 1 atom stereocenters. The number of imidazole rings is 1. The average molecular weight is 269 g/mol. The van der Waals surface area contributed by atoms with Gasteiger partial charge in [0, 0.05) is 12.5 Å². The van der Waals surface area contributed by atoms with Gasteiger partial charge in [-0.05, 0) is 13.3 Å². The van der Waals surface area contributed by atoms with Crippen molar-refractivity contribution < 1.29 is 4.79 Å². The van der Waals surface area contributed by atoms with E-state index in [4.69, 9.17) is 17.3 Å². The first-order valence-electron chi connectivity index (χ1n) is 5.48. The molecular formula is C10H13ClN6O. The molecule has 0 aliphatic rings. The summed E-state index contributed by atoms with van der Waals surface area (Å²) >= 11 is 5.92. The molecule has 0 aliphatic heterocycles. The summed E-state index contributed by atoms with van der Waals surface area (Å²) in [5, 5.41) is 2.79. The number of aromatic amines is 1. The Morgan fingerprint density at radius 2 is 2.39 bits per heavy atom. The highest BCUT2D eigenvalue weighted by Crippen LogP contribution is 2.18. The fourth-order valence-electron chi connectivity index (χ4n) is 1.40. The maximum Gasteiger partial charge on any atom is 0.233 e. The molecule has 96 valence electrons. The Morgan fingerprint density at radius 1 is 1.61 bits per heavy atom. The second kappa shape index (κ2) is 5.28. The molecule has 0 aromatic carbocycles. The van der Waals surface area contributed by atoms with Crippen molar-refractivity contribution in [3.63, 3.8) is 0 Å². The summed E-state index contributed by atoms with van der Waals surface area (Å²) in [5.41, 5.74) is 6.53. The third kappa shape index (κ3) is 2.93. The largest absolute Gasteiger partial charge is 0.341 e. The van der Waals surface area contributed by atoms with Crippen molar-refractivity contribution in [2.24, 2.45) is 5.73 Å². The van der Waals surface area contributed by atoms with Crippen LogP contribution in [-0.2, 0) is 4.79 Å². The van der Waals surface area contributed by atoms with Gasteiger partial charge in [-0.3, -0.25) is 10.1 Å². The Morgan fingerprint density at radius 3 is 3.11 bits per heavy atom. The monoisotopic (exact) mass is 268 g/mol. The van der Waals surface area contributed by atoms with Crippen molar-refractivity contribution in [3.05, 3.63) is 11.5 Å². The summed E-state index contributed by atoms with van der Waals surface area (Å²) in [6, 6.07) is -0.0194. The molecule has 8 heteroatoms. The van der Waals surface area contributed by atoms with Gasteiger partial charge in [-0.25, -0.2) is 4.98 Å². The standard InChI is InChI=1S/C10H13ClN6O/c1-5(12)2-3-6(18)15-10-16-8(11)7-9(17-10)14-4-13-7/h4-5H,2-3,12H2,1H3,(H2,13,14,15,16,17,18). The number of hydrogen-bond acceptors (Lipinski definition) is 5. The summed E-state index contributed by atoms with van der Waals surface area (Å²) < 4.78 is 0. The summed E-state index contributed by atoms with van der Waals surface area (Å²) in [4.78, 5) is 26.4. The zero-order valence-electron chi connectivity index (χ0n) is 9.77. The van der Waals surface area contributed by atoms with Gasteiger partial charge >= 0.3 is 0 Å². The van der Waals surface area contributed by atoms with Crippen LogP contribution in [0.1, 0.15) is 19.8 Å². The second-order valence-electron chi connectivity index (χ2n) is 4.00. The fraction of sp³-hybridized carbons (Fsp3) is 0.400. The molecule has 7 nitrogen and oxygen atoms in total. The van der Waals surface area contributed by atoms with Crippen LogP contribution in [0.25, 0.3) is 11.2 Å². The molecule has 1 amide bonds. The number of carbonyl (C=O) groups is 1. The van der Waals surface area contributed by atoms with E-state index in [0.29, 0.717) is 24.0 Å². The van der Waals surface area contributed by atoms with Crippen LogP contribution in [0.3, 0.4) is 0 Å². The number of nitrogens with zero attached hydrogens (tertiary/aromatic N) is 3. The molecule has 1 unspecified atom stereocenters. The number of amides is 1. The van der Waals surface area contributed by atoms with Crippen molar-refractivity contribution in [3.8, 4) is 0 Å². The van der Waals surface area contributed by atoms with Gasteiger partial charge in [-0.1, -0.05) is 11.6 Å². The van der Waals surface area contributed by atoms with Crippen molar-refractivity contribution in [1.82, 2.24) is 19.9 Å². The third-order valence-electron chi connectivity index (χ3n) is 2.32. The number of halogens is 1. The highest BCUT2D eigenvalue weighted by atomic mass is 35.5. The Bertz CT molecular complexity index is 566. The SMILES string of the molecule is CC(N)CCC(=O)Nc1nc(Cl)c2[nH]cnc2n1. The van der Waals surface area contributed by atoms with E-state index in [1.807, 2.05) is 6.92 Å². The first kappa shape index (κ1) is 12.7. The zero-order chi connectivity index (χ0) is 13.1. The van der Waals surface area contributed by atoms with Crippen LogP contribution in [0.4, 0.5) is 5.95 Å². The minimum Gasteiger partial charge on any atom is -0.341 e. The number of hydrogen-bond donors (Lipinski definition) is 3.